The number of aliphatic hydroxyl groups excluding tert-OH is 12. The number of ether oxygens (including phenoxy) is 7. The second-order valence-corrected chi connectivity index (χ2v) is 11.9. The van der Waals surface area contributed by atoms with Gasteiger partial charge in [-0.15, -0.1) is 0 Å². The molecule has 0 aromatic rings. The third-order valence-corrected chi connectivity index (χ3v) is 8.57. The topological polar surface area (TPSA) is 336 Å². The summed E-state index contributed by atoms with van der Waals surface area (Å²) in [5.74, 6) is -0.713. The second kappa shape index (κ2) is 16.2. The maximum Gasteiger partial charge on any atom is 0.217 e. The summed E-state index contributed by atoms with van der Waals surface area (Å²) < 4.78 is 39.5. The van der Waals surface area contributed by atoms with Crippen molar-refractivity contribution in [2.75, 3.05) is 19.8 Å². The SMILES string of the molecule is CC(=O)N[C@H]1[C@@H](O[C@H]2[C@@H](O)[C@@H](CO)O[C@H](O[C@H]3[C@@H](O)[C@@H](CO)OC(O)[C@@H]3O)[C@@H]2O[C@@H]2O[C@@H](C)[C@@H](O)[C@@H](O)[C@@H]2O)O[C@H](CO)[C@H](O)[C@@H]1O. The fourth-order valence-corrected chi connectivity index (χ4v) is 5.86. The molecule has 4 fully saturated rings. The summed E-state index contributed by atoms with van der Waals surface area (Å²) in [5, 5.41) is 127. The third kappa shape index (κ3) is 8.04. The van der Waals surface area contributed by atoms with Crippen molar-refractivity contribution in [3.05, 3.63) is 0 Å². The van der Waals surface area contributed by atoms with Crippen LogP contribution >= 0.6 is 0 Å². The van der Waals surface area contributed by atoms with Crippen molar-refractivity contribution in [2.45, 2.75) is 137 Å². The zero-order valence-electron chi connectivity index (χ0n) is 25.3. The largest absolute Gasteiger partial charge is 0.394 e. The van der Waals surface area contributed by atoms with Crippen LogP contribution in [0.3, 0.4) is 0 Å². The molecule has 4 heterocycles. The van der Waals surface area contributed by atoms with Crippen molar-refractivity contribution in [3.63, 3.8) is 0 Å². The Morgan fingerprint density at radius 1 is 0.553 bits per heavy atom. The molecule has 4 aliphatic rings. The highest BCUT2D eigenvalue weighted by Crippen LogP contribution is 2.35. The fourth-order valence-electron chi connectivity index (χ4n) is 5.86. The zero-order valence-corrected chi connectivity index (χ0v) is 25.3. The molecule has 0 spiro atoms. The van der Waals surface area contributed by atoms with Crippen LogP contribution in [0.25, 0.3) is 0 Å². The monoisotopic (exact) mass is 691 g/mol. The van der Waals surface area contributed by atoms with E-state index in [-0.39, 0.29) is 0 Å². The van der Waals surface area contributed by atoms with E-state index in [1.54, 1.807) is 0 Å². The predicted octanol–water partition coefficient (Wildman–Crippen LogP) is -8.58. The van der Waals surface area contributed by atoms with E-state index in [1.165, 1.54) is 6.92 Å². The molecule has 20 atom stereocenters. The number of hydrogen-bond donors (Lipinski definition) is 13. The van der Waals surface area contributed by atoms with Crippen molar-refractivity contribution in [1.29, 1.82) is 0 Å². The van der Waals surface area contributed by atoms with Crippen LogP contribution in [-0.4, -0.2) is 210 Å². The lowest BCUT2D eigenvalue weighted by Gasteiger charge is -2.50. The highest BCUT2D eigenvalue weighted by molar-refractivity contribution is 5.73. The average molecular weight is 692 g/mol. The van der Waals surface area contributed by atoms with Gasteiger partial charge in [0.15, 0.2) is 25.2 Å². The Hall–Kier alpha value is -1.29. The molecule has 21 nitrogen and oxygen atoms in total. The molecule has 0 aliphatic carbocycles. The Balaban J connectivity index is 1.73. The Labute approximate surface area is 267 Å². The minimum Gasteiger partial charge on any atom is -0.394 e. The maximum atomic E-state index is 12.0. The van der Waals surface area contributed by atoms with Gasteiger partial charge in [-0.25, -0.2) is 0 Å². The minimum atomic E-state index is -1.98. The van der Waals surface area contributed by atoms with Crippen LogP contribution in [0.5, 0.6) is 0 Å². The molecule has 21 heteroatoms. The summed E-state index contributed by atoms with van der Waals surface area (Å²) in [7, 11) is 0. The molecular weight excluding hydrogens is 646 g/mol. The Kier molecular flexibility index (Phi) is 13.2. The Bertz CT molecular complexity index is 1010. The van der Waals surface area contributed by atoms with E-state index in [1.807, 2.05) is 0 Å². The van der Waals surface area contributed by atoms with Crippen molar-refractivity contribution >= 4 is 5.91 Å². The van der Waals surface area contributed by atoms with Crippen LogP contribution < -0.4 is 5.32 Å². The minimum absolute atomic E-state index is 0.713. The van der Waals surface area contributed by atoms with Crippen LogP contribution in [0, 0.1) is 0 Å². The molecule has 13 N–H and O–H groups in total. The molecule has 0 radical (unpaired) electrons. The molecule has 1 amide bonds. The summed E-state index contributed by atoms with van der Waals surface area (Å²) in [5.41, 5.74) is 0. The van der Waals surface area contributed by atoms with Crippen LogP contribution in [0.4, 0.5) is 0 Å². The summed E-state index contributed by atoms with van der Waals surface area (Å²) >= 11 is 0. The van der Waals surface area contributed by atoms with Crippen LogP contribution in [0.15, 0.2) is 0 Å². The molecule has 4 rings (SSSR count). The number of aliphatic hydroxyl groups is 12. The Morgan fingerprint density at radius 3 is 1.66 bits per heavy atom. The lowest BCUT2D eigenvalue weighted by Crippen LogP contribution is -2.69. The first kappa shape index (κ1) is 38.5. The number of carbonyl (C=O) groups excluding carboxylic acids is 1. The summed E-state index contributed by atoms with van der Waals surface area (Å²) in [6.07, 6.45) is -33.2. The van der Waals surface area contributed by atoms with E-state index in [0.717, 1.165) is 6.92 Å². The van der Waals surface area contributed by atoms with Crippen molar-refractivity contribution < 1.29 is 99.2 Å². The highest BCUT2D eigenvalue weighted by Gasteiger charge is 2.56. The van der Waals surface area contributed by atoms with Gasteiger partial charge in [-0.3, -0.25) is 4.79 Å². The van der Waals surface area contributed by atoms with Gasteiger partial charge >= 0.3 is 0 Å². The van der Waals surface area contributed by atoms with Gasteiger partial charge in [-0.1, -0.05) is 0 Å². The fraction of sp³-hybridized carbons (Fsp3) is 0.962. The molecular formula is C26H45NO20. The van der Waals surface area contributed by atoms with Gasteiger partial charge in [0.1, 0.15) is 91.5 Å². The molecule has 1 unspecified atom stereocenters. The lowest BCUT2D eigenvalue weighted by molar-refractivity contribution is -0.400. The van der Waals surface area contributed by atoms with E-state index in [2.05, 4.69) is 5.32 Å². The van der Waals surface area contributed by atoms with Crippen molar-refractivity contribution in [2.24, 2.45) is 0 Å². The molecule has 47 heavy (non-hydrogen) atoms. The molecule has 0 aromatic heterocycles. The van der Waals surface area contributed by atoms with E-state index < -0.39 is 148 Å². The Morgan fingerprint density at radius 2 is 1.06 bits per heavy atom. The quantitative estimate of drug-likeness (QED) is 0.101. The first-order valence-corrected chi connectivity index (χ1v) is 15.0. The van der Waals surface area contributed by atoms with Crippen LogP contribution in [-0.2, 0) is 38.0 Å². The number of amides is 1. The maximum absolute atomic E-state index is 12.0. The molecule has 4 aliphatic heterocycles. The normalized spacial score (nSPS) is 51.0. The summed E-state index contributed by atoms with van der Waals surface area (Å²) in [4.78, 5) is 12.0. The molecule has 0 aromatic carbocycles. The summed E-state index contributed by atoms with van der Waals surface area (Å²) in [6.45, 7) is -0.159. The first-order chi connectivity index (χ1) is 22.1. The van der Waals surface area contributed by atoms with E-state index >= 15 is 0 Å². The van der Waals surface area contributed by atoms with Crippen molar-refractivity contribution in [1.82, 2.24) is 5.32 Å². The van der Waals surface area contributed by atoms with Gasteiger partial charge in [0.05, 0.1) is 25.9 Å². The van der Waals surface area contributed by atoms with Crippen LogP contribution in [0.1, 0.15) is 13.8 Å². The standard InChI is InChI=1S/C26H45NO20/c1-6-12(32)17(37)18(38)25(41-6)47-22-21(46-24-11(27-7(2)31)16(36)13(33)8(3-28)43-24)15(35)10(5-30)44-26(22)45-20-14(34)9(4-29)42-23(40)19(20)39/h6,8-26,28-30,32-40H,3-5H2,1-2H3,(H,27,31)/t6-,8+,9+,10+,11+,12+,13-,14-,15-,16+,17+,18-,19+,20-,21-,22+,23?,24+,25-,26+/m0/s1. The molecule has 0 bridgehead atoms. The van der Waals surface area contributed by atoms with E-state index in [9.17, 15) is 66.1 Å². The van der Waals surface area contributed by atoms with E-state index in [0.29, 0.717) is 0 Å². The number of carbonyl (C=O) groups is 1. The van der Waals surface area contributed by atoms with Gasteiger partial charge in [0.2, 0.25) is 5.91 Å². The molecule has 0 saturated carbocycles. The average Bonchev–Trinajstić information content (AvgIpc) is 3.04. The van der Waals surface area contributed by atoms with Gasteiger partial charge < -0.3 is 99.8 Å². The first-order valence-electron chi connectivity index (χ1n) is 15.0. The number of nitrogens with one attached hydrogen (secondary N) is 1. The van der Waals surface area contributed by atoms with Gasteiger partial charge in [-0.05, 0) is 6.92 Å². The van der Waals surface area contributed by atoms with E-state index in [4.69, 9.17) is 33.2 Å². The predicted molar refractivity (Wildman–Crippen MR) is 144 cm³/mol. The number of rotatable bonds is 10. The second-order valence-electron chi connectivity index (χ2n) is 11.9. The lowest BCUT2D eigenvalue weighted by atomic mass is 9.94. The number of hydrogen-bond acceptors (Lipinski definition) is 20. The van der Waals surface area contributed by atoms with Crippen LogP contribution in [0.2, 0.25) is 0 Å². The van der Waals surface area contributed by atoms with Crippen molar-refractivity contribution in [3.8, 4) is 0 Å². The van der Waals surface area contributed by atoms with Gasteiger partial charge in [0, 0.05) is 6.92 Å². The summed E-state index contributed by atoms with van der Waals surface area (Å²) in [6, 6.07) is -1.54. The zero-order chi connectivity index (χ0) is 34.9. The third-order valence-electron chi connectivity index (χ3n) is 8.57. The van der Waals surface area contributed by atoms with Gasteiger partial charge in [0.25, 0.3) is 0 Å². The highest BCUT2D eigenvalue weighted by atomic mass is 16.8. The smallest absolute Gasteiger partial charge is 0.217 e. The molecule has 274 valence electrons. The van der Waals surface area contributed by atoms with Gasteiger partial charge in [-0.2, -0.15) is 0 Å². The molecule has 4 saturated heterocycles.